The van der Waals surface area contributed by atoms with E-state index in [0.29, 0.717) is 13.1 Å². The van der Waals surface area contributed by atoms with E-state index in [1.165, 1.54) is 19.3 Å². The lowest BCUT2D eigenvalue weighted by Crippen LogP contribution is -2.44. The van der Waals surface area contributed by atoms with Crippen LogP contribution in [0.2, 0.25) is 0 Å². The number of nitrogens with one attached hydrogen (secondary N) is 2. The fourth-order valence-electron chi connectivity index (χ4n) is 4.20. The molecule has 1 fully saturated rings. The normalized spacial score (nSPS) is 24.4. The molecule has 25 heavy (non-hydrogen) atoms. The van der Waals surface area contributed by atoms with Crippen molar-refractivity contribution in [1.82, 2.24) is 30.3 Å². The van der Waals surface area contributed by atoms with Crippen LogP contribution < -0.4 is 10.6 Å². The van der Waals surface area contributed by atoms with Crippen LogP contribution in [0.1, 0.15) is 51.2 Å². The Hall–Kier alpha value is -1.63. The monoisotopic (exact) mass is 348 g/mol. The average Bonchev–Trinajstić information content (AvgIpc) is 2.79. The number of nitrogens with zero attached hydrogens (tertiary/aromatic N) is 4. The molecule has 2 N–H and O–H groups in total. The van der Waals surface area contributed by atoms with Gasteiger partial charge in [-0.05, 0) is 31.1 Å². The van der Waals surface area contributed by atoms with Crippen LogP contribution in [0.3, 0.4) is 0 Å². The van der Waals surface area contributed by atoms with E-state index in [1.807, 2.05) is 0 Å². The van der Waals surface area contributed by atoms with Gasteiger partial charge >= 0.3 is 6.03 Å². The topological polar surface area (TPSA) is 75.1 Å². The maximum absolute atomic E-state index is 12.0. The fourth-order valence-corrected chi connectivity index (χ4v) is 4.20. The summed E-state index contributed by atoms with van der Waals surface area (Å²) in [5.41, 5.74) is 0. The predicted octanol–water partition coefficient (Wildman–Crippen LogP) is 1.78. The number of carbonyl (C=O) groups excluding carboxylic acids is 1. The quantitative estimate of drug-likeness (QED) is 0.851. The van der Waals surface area contributed by atoms with Crippen LogP contribution in [-0.4, -0.2) is 51.9 Å². The van der Waals surface area contributed by atoms with Crippen LogP contribution in [0.15, 0.2) is 0 Å². The lowest BCUT2D eigenvalue weighted by atomic mass is 9.92. The summed E-state index contributed by atoms with van der Waals surface area (Å²) < 4.78 is 2.17. The van der Waals surface area contributed by atoms with Gasteiger partial charge in [-0.1, -0.05) is 20.3 Å². The highest BCUT2D eigenvalue weighted by Gasteiger charge is 2.21. The summed E-state index contributed by atoms with van der Waals surface area (Å²) in [5.74, 6) is 3.43. The molecule has 0 aromatic carbocycles. The summed E-state index contributed by atoms with van der Waals surface area (Å²) in [6, 6.07) is -0.121. The Kier molecular flexibility index (Phi) is 6.29. The molecule has 1 aromatic rings. The third-order valence-electron chi connectivity index (χ3n) is 5.25. The molecule has 7 heteroatoms. The number of urea groups is 1. The molecule has 2 aliphatic heterocycles. The Morgan fingerprint density at radius 3 is 2.72 bits per heavy atom. The molecular formula is C18H32N6O. The Morgan fingerprint density at radius 2 is 1.92 bits per heavy atom. The van der Waals surface area contributed by atoms with Crippen LogP contribution >= 0.6 is 0 Å². The number of aromatic nitrogens is 3. The van der Waals surface area contributed by atoms with E-state index < -0.39 is 0 Å². The highest BCUT2D eigenvalue weighted by molar-refractivity contribution is 5.73. The van der Waals surface area contributed by atoms with E-state index in [2.05, 4.69) is 44.1 Å². The van der Waals surface area contributed by atoms with E-state index in [9.17, 15) is 4.79 Å². The standard InChI is InChI=1S/C18H32N6O/c1-14-10-15(2)13-23(12-14)9-7-19-18(25)20-11-17-22-21-16-6-4-3-5-8-24(16)17/h14-15H,3-13H2,1-2H3,(H2,19,20,25)/t14-,15-/m1/s1. The first-order valence-electron chi connectivity index (χ1n) is 9.77. The second-order valence-corrected chi connectivity index (χ2v) is 7.81. The highest BCUT2D eigenvalue weighted by Crippen LogP contribution is 2.20. The minimum atomic E-state index is -0.121. The van der Waals surface area contributed by atoms with Crippen molar-refractivity contribution >= 4 is 6.03 Å². The minimum Gasteiger partial charge on any atom is -0.337 e. The molecule has 1 saturated heterocycles. The van der Waals surface area contributed by atoms with Crippen molar-refractivity contribution in [3.63, 3.8) is 0 Å². The zero-order chi connectivity index (χ0) is 17.6. The van der Waals surface area contributed by atoms with E-state index in [0.717, 1.165) is 62.5 Å². The molecule has 1 aromatic heterocycles. The number of piperidine rings is 1. The minimum absolute atomic E-state index is 0.121. The molecule has 0 unspecified atom stereocenters. The largest absolute Gasteiger partial charge is 0.337 e. The average molecular weight is 348 g/mol. The second-order valence-electron chi connectivity index (χ2n) is 7.81. The van der Waals surface area contributed by atoms with E-state index >= 15 is 0 Å². The molecule has 7 nitrogen and oxygen atoms in total. The second kappa shape index (κ2) is 8.65. The van der Waals surface area contributed by atoms with E-state index in [1.54, 1.807) is 0 Å². The SMILES string of the molecule is C[C@@H]1C[C@@H](C)CN(CCNC(=O)NCc2nnc3n2CCCCC3)C1. The number of hydrogen-bond donors (Lipinski definition) is 2. The molecule has 0 spiro atoms. The number of hydrogen-bond acceptors (Lipinski definition) is 4. The lowest BCUT2D eigenvalue weighted by Gasteiger charge is -2.34. The van der Waals surface area contributed by atoms with Crippen molar-refractivity contribution in [2.24, 2.45) is 11.8 Å². The van der Waals surface area contributed by atoms with Crippen molar-refractivity contribution in [3.05, 3.63) is 11.6 Å². The van der Waals surface area contributed by atoms with Gasteiger partial charge in [0.1, 0.15) is 5.82 Å². The summed E-state index contributed by atoms with van der Waals surface area (Å²) in [4.78, 5) is 14.5. The van der Waals surface area contributed by atoms with Gasteiger partial charge in [0.15, 0.2) is 5.82 Å². The number of likely N-dealkylation sites (tertiary alicyclic amines) is 1. The molecule has 140 valence electrons. The molecule has 2 aliphatic rings. The number of aryl methyl sites for hydroxylation is 1. The number of fused-ring (bicyclic) bond motifs is 1. The molecule has 3 rings (SSSR count). The molecule has 2 atom stereocenters. The Balaban J connectivity index is 1.38. The first-order valence-corrected chi connectivity index (χ1v) is 9.77. The lowest BCUT2D eigenvalue weighted by molar-refractivity contribution is 0.142. The smallest absolute Gasteiger partial charge is 0.315 e. The van der Waals surface area contributed by atoms with Gasteiger partial charge in [-0.15, -0.1) is 10.2 Å². The maximum atomic E-state index is 12.0. The predicted molar refractivity (Wildman–Crippen MR) is 97.2 cm³/mol. The number of carbonyl (C=O) groups is 1. The molecule has 2 amide bonds. The summed E-state index contributed by atoms with van der Waals surface area (Å²) >= 11 is 0. The number of amides is 2. The van der Waals surface area contributed by atoms with Gasteiger partial charge in [0.25, 0.3) is 0 Å². The van der Waals surface area contributed by atoms with Gasteiger partial charge in [0.05, 0.1) is 6.54 Å². The van der Waals surface area contributed by atoms with Gasteiger partial charge in [-0.2, -0.15) is 0 Å². The van der Waals surface area contributed by atoms with Crippen molar-refractivity contribution in [2.45, 2.75) is 59.0 Å². The Morgan fingerprint density at radius 1 is 1.12 bits per heavy atom. The van der Waals surface area contributed by atoms with E-state index in [-0.39, 0.29) is 6.03 Å². The zero-order valence-electron chi connectivity index (χ0n) is 15.6. The van der Waals surface area contributed by atoms with Crippen molar-refractivity contribution in [1.29, 1.82) is 0 Å². The van der Waals surface area contributed by atoms with Crippen LogP contribution in [0.25, 0.3) is 0 Å². The molecule has 3 heterocycles. The fraction of sp³-hybridized carbons (Fsp3) is 0.833. The zero-order valence-corrected chi connectivity index (χ0v) is 15.6. The van der Waals surface area contributed by atoms with Gasteiger partial charge in [0, 0.05) is 39.1 Å². The first kappa shape index (κ1) is 18.2. The van der Waals surface area contributed by atoms with Crippen molar-refractivity contribution in [2.75, 3.05) is 26.2 Å². The Labute approximate surface area is 150 Å². The van der Waals surface area contributed by atoms with Crippen LogP contribution in [0, 0.1) is 11.8 Å². The Bertz CT molecular complexity index is 562. The van der Waals surface area contributed by atoms with Gasteiger partial charge < -0.3 is 20.1 Å². The van der Waals surface area contributed by atoms with Gasteiger partial charge in [-0.25, -0.2) is 4.79 Å². The van der Waals surface area contributed by atoms with Gasteiger partial charge in [-0.3, -0.25) is 0 Å². The summed E-state index contributed by atoms with van der Waals surface area (Å²) in [7, 11) is 0. The van der Waals surface area contributed by atoms with Crippen molar-refractivity contribution < 1.29 is 4.79 Å². The third-order valence-corrected chi connectivity index (χ3v) is 5.25. The summed E-state index contributed by atoms with van der Waals surface area (Å²) in [6.07, 6.45) is 5.89. The maximum Gasteiger partial charge on any atom is 0.315 e. The van der Waals surface area contributed by atoms with E-state index in [4.69, 9.17) is 0 Å². The molecule has 0 bridgehead atoms. The molecule has 0 saturated carbocycles. The summed E-state index contributed by atoms with van der Waals surface area (Å²) in [6.45, 7) is 9.90. The highest BCUT2D eigenvalue weighted by atomic mass is 16.2. The third kappa shape index (κ3) is 5.17. The summed E-state index contributed by atoms with van der Waals surface area (Å²) in [5, 5.41) is 14.4. The molecule has 0 radical (unpaired) electrons. The van der Waals surface area contributed by atoms with Gasteiger partial charge in [0.2, 0.25) is 0 Å². The molecule has 0 aliphatic carbocycles. The van der Waals surface area contributed by atoms with Crippen LogP contribution in [-0.2, 0) is 19.5 Å². The van der Waals surface area contributed by atoms with Crippen LogP contribution in [0.5, 0.6) is 0 Å². The van der Waals surface area contributed by atoms with Crippen molar-refractivity contribution in [3.8, 4) is 0 Å². The number of rotatable bonds is 5. The van der Waals surface area contributed by atoms with Crippen LogP contribution in [0.4, 0.5) is 4.79 Å². The first-order chi connectivity index (χ1) is 12.1. The molecular weight excluding hydrogens is 316 g/mol.